The van der Waals surface area contributed by atoms with Gasteiger partial charge in [0.2, 0.25) is 5.91 Å². The molecular formula is C20H22N2O7S. The Kier molecular flexibility index (Phi) is 6.16. The molecule has 0 aliphatic carbocycles. The molecule has 1 atom stereocenters. The van der Waals surface area contributed by atoms with E-state index in [4.69, 9.17) is 14.2 Å². The fraction of sp³-hybridized carbons (Fsp3) is 0.300. The Morgan fingerprint density at radius 1 is 1.17 bits per heavy atom. The van der Waals surface area contributed by atoms with E-state index >= 15 is 0 Å². The molecule has 2 amide bonds. The number of amides is 2. The first-order valence-electron chi connectivity index (χ1n) is 9.06. The third-order valence-corrected chi connectivity index (χ3v) is 6.69. The standard InChI is InChI=1S/C20H22N2O7S/c1-12(6-19(23)21-13-7-14(27-2)9-15(8-13)28-3)30(25,26)16-4-5-18-17(10-16)22-20(24)11-29-18/h4-5,7-10,12H,6,11H2,1-3H3,(H,21,23)(H,22,24). The minimum absolute atomic E-state index is 0.00426. The van der Waals surface area contributed by atoms with E-state index in [0.29, 0.717) is 22.9 Å². The molecule has 160 valence electrons. The zero-order valence-corrected chi connectivity index (χ0v) is 17.5. The van der Waals surface area contributed by atoms with Crippen LogP contribution < -0.4 is 24.8 Å². The van der Waals surface area contributed by atoms with Crippen molar-refractivity contribution < 1.29 is 32.2 Å². The number of hydrogen-bond donors (Lipinski definition) is 2. The first-order chi connectivity index (χ1) is 14.2. The normalized spacial score (nSPS) is 14.0. The van der Waals surface area contributed by atoms with Crippen LogP contribution in [0, 0.1) is 0 Å². The number of carbonyl (C=O) groups is 2. The summed E-state index contributed by atoms with van der Waals surface area (Å²) in [6, 6.07) is 9.08. The van der Waals surface area contributed by atoms with Gasteiger partial charge in [-0.25, -0.2) is 8.42 Å². The van der Waals surface area contributed by atoms with Crippen LogP contribution in [-0.4, -0.2) is 46.3 Å². The van der Waals surface area contributed by atoms with E-state index in [1.165, 1.54) is 39.3 Å². The van der Waals surface area contributed by atoms with Crippen LogP contribution in [-0.2, 0) is 19.4 Å². The summed E-state index contributed by atoms with van der Waals surface area (Å²) >= 11 is 0. The van der Waals surface area contributed by atoms with Crippen LogP contribution in [0.5, 0.6) is 17.2 Å². The average Bonchev–Trinajstić information content (AvgIpc) is 2.72. The summed E-state index contributed by atoms with van der Waals surface area (Å²) in [5.74, 6) is 0.535. The average molecular weight is 434 g/mol. The number of rotatable bonds is 7. The smallest absolute Gasteiger partial charge is 0.262 e. The summed E-state index contributed by atoms with van der Waals surface area (Å²) in [5.41, 5.74) is 0.710. The Hall–Kier alpha value is -3.27. The second-order valence-corrected chi connectivity index (χ2v) is 9.07. The maximum Gasteiger partial charge on any atom is 0.262 e. The van der Waals surface area contributed by atoms with Crippen molar-refractivity contribution in [3.05, 3.63) is 36.4 Å². The van der Waals surface area contributed by atoms with E-state index < -0.39 is 21.0 Å². The molecule has 0 bridgehead atoms. The van der Waals surface area contributed by atoms with Gasteiger partial charge in [-0.15, -0.1) is 0 Å². The van der Waals surface area contributed by atoms with Gasteiger partial charge in [0, 0.05) is 30.3 Å². The van der Waals surface area contributed by atoms with Gasteiger partial charge in [0.1, 0.15) is 17.2 Å². The summed E-state index contributed by atoms with van der Waals surface area (Å²) in [5, 5.41) is 4.24. The second kappa shape index (κ2) is 8.62. The molecule has 1 aliphatic rings. The number of sulfone groups is 1. The van der Waals surface area contributed by atoms with Gasteiger partial charge in [0.05, 0.1) is 30.1 Å². The number of ether oxygens (including phenoxy) is 3. The van der Waals surface area contributed by atoms with Gasteiger partial charge in [-0.3, -0.25) is 9.59 Å². The van der Waals surface area contributed by atoms with Gasteiger partial charge < -0.3 is 24.8 Å². The van der Waals surface area contributed by atoms with E-state index in [-0.39, 0.29) is 29.5 Å². The molecule has 10 heteroatoms. The SMILES string of the molecule is COc1cc(NC(=O)CC(C)S(=O)(=O)c2ccc3c(c2)NC(=O)CO3)cc(OC)c1. The number of hydrogen-bond acceptors (Lipinski definition) is 7. The van der Waals surface area contributed by atoms with Crippen LogP contribution >= 0.6 is 0 Å². The van der Waals surface area contributed by atoms with Crippen molar-refractivity contribution in [2.75, 3.05) is 31.5 Å². The first-order valence-corrected chi connectivity index (χ1v) is 10.6. The Labute approximate surface area is 174 Å². The van der Waals surface area contributed by atoms with Gasteiger partial charge in [-0.1, -0.05) is 0 Å². The maximum absolute atomic E-state index is 12.9. The highest BCUT2D eigenvalue weighted by Gasteiger charge is 2.28. The molecule has 0 fully saturated rings. The van der Waals surface area contributed by atoms with E-state index in [0.717, 1.165) is 0 Å². The van der Waals surface area contributed by atoms with Crippen LogP contribution in [0.25, 0.3) is 0 Å². The number of carbonyl (C=O) groups excluding carboxylic acids is 2. The van der Waals surface area contributed by atoms with Crippen LogP contribution in [0.4, 0.5) is 11.4 Å². The number of fused-ring (bicyclic) bond motifs is 1. The lowest BCUT2D eigenvalue weighted by molar-refractivity contribution is -0.118. The molecule has 3 rings (SSSR count). The summed E-state index contributed by atoms with van der Waals surface area (Å²) in [6.07, 6.45) is -0.262. The van der Waals surface area contributed by atoms with Crippen LogP contribution in [0.1, 0.15) is 13.3 Å². The minimum Gasteiger partial charge on any atom is -0.497 e. The summed E-state index contributed by atoms with van der Waals surface area (Å²) in [4.78, 5) is 23.9. The predicted octanol–water partition coefficient (Wildman–Crippen LogP) is 2.23. The summed E-state index contributed by atoms with van der Waals surface area (Å²) in [7, 11) is -0.846. The predicted molar refractivity (Wildman–Crippen MR) is 110 cm³/mol. The van der Waals surface area contributed by atoms with Crippen molar-refractivity contribution in [2.24, 2.45) is 0 Å². The molecule has 0 saturated carbocycles. The van der Waals surface area contributed by atoms with Crippen LogP contribution in [0.3, 0.4) is 0 Å². The minimum atomic E-state index is -3.82. The van der Waals surface area contributed by atoms with Crippen molar-refractivity contribution in [3.63, 3.8) is 0 Å². The number of anilines is 2. The topological polar surface area (TPSA) is 120 Å². The molecule has 0 radical (unpaired) electrons. The van der Waals surface area contributed by atoms with Crippen LogP contribution in [0.15, 0.2) is 41.3 Å². The molecule has 1 heterocycles. The second-order valence-electron chi connectivity index (χ2n) is 6.70. The highest BCUT2D eigenvalue weighted by molar-refractivity contribution is 7.92. The summed E-state index contributed by atoms with van der Waals surface area (Å²) < 4.78 is 41.4. The molecule has 1 aliphatic heterocycles. The molecule has 2 aromatic rings. The van der Waals surface area contributed by atoms with Crippen molar-refractivity contribution in [1.29, 1.82) is 0 Å². The Bertz CT molecular complexity index is 1060. The highest BCUT2D eigenvalue weighted by Crippen LogP contribution is 2.32. The van der Waals surface area contributed by atoms with Gasteiger partial charge in [-0.05, 0) is 25.1 Å². The molecule has 0 aromatic heterocycles. The van der Waals surface area contributed by atoms with Gasteiger partial charge >= 0.3 is 0 Å². The number of benzene rings is 2. The molecule has 1 unspecified atom stereocenters. The number of methoxy groups -OCH3 is 2. The molecule has 2 aromatic carbocycles. The Morgan fingerprint density at radius 2 is 1.83 bits per heavy atom. The fourth-order valence-electron chi connectivity index (χ4n) is 2.93. The highest BCUT2D eigenvalue weighted by atomic mass is 32.2. The molecule has 0 saturated heterocycles. The van der Waals surface area contributed by atoms with Crippen molar-refractivity contribution in [3.8, 4) is 17.2 Å². The van der Waals surface area contributed by atoms with Crippen molar-refractivity contribution >= 4 is 33.0 Å². The van der Waals surface area contributed by atoms with E-state index in [1.807, 2.05) is 0 Å². The molecule has 9 nitrogen and oxygen atoms in total. The molecule has 0 spiro atoms. The maximum atomic E-state index is 12.9. The molecule has 30 heavy (non-hydrogen) atoms. The first kappa shape index (κ1) is 21.4. The van der Waals surface area contributed by atoms with E-state index in [1.54, 1.807) is 18.2 Å². The van der Waals surface area contributed by atoms with E-state index in [2.05, 4.69) is 10.6 Å². The Balaban J connectivity index is 1.73. The van der Waals surface area contributed by atoms with Crippen molar-refractivity contribution in [2.45, 2.75) is 23.5 Å². The Morgan fingerprint density at radius 3 is 2.47 bits per heavy atom. The van der Waals surface area contributed by atoms with Crippen molar-refractivity contribution in [1.82, 2.24) is 0 Å². The lowest BCUT2D eigenvalue weighted by Gasteiger charge is -2.19. The van der Waals surface area contributed by atoms with E-state index in [9.17, 15) is 18.0 Å². The zero-order valence-electron chi connectivity index (χ0n) is 16.7. The van der Waals surface area contributed by atoms with Gasteiger partial charge in [0.15, 0.2) is 16.4 Å². The monoisotopic (exact) mass is 434 g/mol. The third-order valence-electron chi connectivity index (χ3n) is 4.55. The lowest BCUT2D eigenvalue weighted by Crippen LogP contribution is -2.27. The van der Waals surface area contributed by atoms with Gasteiger partial charge in [-0.2, -0.15) is 0 Å². The number of nitrogens with one attached hydrogen (secondary N) is 2. The summed E-state index contributed by atoms with van der Waals surface area (Å²) in [6.45, 7) is 1.33. The third kappa shape index (κ3) is 4.65. The quantitative estimate of drug-likeness (QED) is 0.686. The molecule has 2 N–H and O–H groups in total. The lowest BCUT2D eigenvalue weighted by atomic mass is 10.2. The fourth-order valence-corrected chi connectivity index (χ4v) is 4.31. The van der Waals surface area contributed by atoms with Gasteiger partial charge in [0.25, 0.3) is 5.91 Å². The molecular weight excluding hydrogens is 412 g/mol. The van der Waals surface area contributed by atoms with Crippen LogP contribution in [0.2, 0.25) is 0 Å². The largest absolute Gasteiger partial charge is 0.497 e. The zero-order chi connectivity index (χ0) is 21.9.